The van der Waals surface area contributed by atoms with Gasteiger partial charge in [-0.15, -0.1) is 11.3 Å². The maximum absolute atomic E-state index is 12.2. The normalized spacial score (nSPS) is 10.5. The Kier molecular flexibility index (Phi) is 6.44. The van der Waals surface area contributed by atoms with Gasteiger partial charge in [0.15, 0.2) is 12.3 Å². The molecule has 5 nitrogen and oxygen atoms in total. The first-order chi connectivity index (χ1) is 13.5. The Morgan fingerprint density at radius 2 is 1.93 bits per heavy atom. The average Bonchev–Trinajstić information content (AvgIpc) is 3.19. The largest absolute Gasteiger partial charge is 0.451 e. The van der Waals surface area contributed by atoms with E-state index >= 15 is 0 Å². The Bertz CT molecular complexity index is 999. The molecule has 0 aliphatic heterocycles. The maximum atomic E-state index is 12.2. The van der Waals surface area contributed by atoms with Crippen molar-refractivity contribution in [3.8, 4) is 10.6 Å². The first-order valence-corrected chi connectivity index (χ1v) is 10.00. The van der Waals surface area contributed by atoms with Gasteiger partial charge in [-0.2, -0.15) is 0 Å². The number of rotatable bonds is 6. The van der Waals surface area contributed by atoms with Crippen LogP contribution in [0, 0.1) is 6.92 Å². The van der Waals surface area contributed by atoms with E-state index in [4.69, 9.17) is 16.3 Å². The fourth-order valence-electron chi connectivity index (χ4n) is 2.54. The number of benzene rings is 2. The molecule has 0 saturated heterocycles. The van der Waals surface area contributed by atoms with Crippen LogP contribution >= 0.6 is 22.9 Å². The summed E-state index contributed by atoms with van der Waals surface area (Å²) in [7, 11) is 0. The number of hydrogen-bond acceptors (Lipinski definition) is 5. The number of esters is 1. The van der Waals surface area contributed by atoms with E-state index in [1.165, 1.54) is 16.9 Å². The first kappa shape index (κ1) is 20.0. The van der Waals surface area contributed by atoms with Gasteiger partial charge in [0.05, 0.1) is 0 Å². The molecule has 0 radical (unpaired) electrons. The van der Waals surface area contributed by atoms with Crippen molar-refractivity contribution in [3.05, 3.63) is 69.7 Å². The summed E-state index contributed by atoms with van der Waals surface area (Å²) in [5.41, 5.74) is 3.82. The number of nitrogens with zero attached hydrogens (tertiary/aromatic N) is 1. The van der Waals surface area contributed by atoms with Gasteiger partial charge in [-0.3, -0.25) is 4.79 Å². The van der Waals surface area contributed by atoms with Crippen molar-refractivity contribution in [1.82, 2.24) is 4.98 Å². The molecule has 1 aromatic heterocycles. The van der Waals surface area contributed by atoms with Crippen molar-refractivity contribution in [2.24, 2.45) is 0 Å². The van der Waals surface area contributed by atoms with E-state index in [1.807, 2.05) is 31.2 Å². The molecule has 0 saturated carbocycles. The molecule has 144 valence electrons. The zero-order valence-electron chi connectivity index (χ0n) is 15.5. The topological polar surface area (TPSA) is 68.3 Å². The van der Waals surface area contributed by atoms with E-state index in [2.05, 4.69) is 17.2 Å². The highest BCUT2D eigenvalue weighted by molar-refractivity contribution is 7.13. The minimum absolute atomic E-state index is 0.190. The zero-order valence-corrected chi connectivity index (χ0v) is 17.1. The van der Waals surface area contributed by atoms with Crippen LogP contribution in [-0.2, 0) is 16.0 Å². The Morgan fingerprint density at radius 3 is 2.61 bits per heavy atom. The molecule has 0 fully saturated rings. The Balaban J connectivity index is 1.57. The molecule has 1 heterocycles. The molecule has 0 aliphatic carbocycles. The number of carbonyl (C=O) groups is 2. The highest BCUT2D eigenvalue weighted by atomic mass is 35.5. The summed E-state index contributed by atoms with van der Waals surface area (Å²) in [5.74, 6) is -1.06. The summed E-state index contributed by atoms with van der Waals surface area (Å²) in [6.07, 6.45) is 0.966. The van der Waals surface area contributed by atoms with Gasteiger partial charge in [-0.05, 0) is 42.7 Å². The third kappa shape index (κ3) is 4.97. The molecule has 1 N–H and O–H groups in total. The summed E-state index contributed by atoms with van der Waals surface area (Å²) < 4.78 is 5.08. The number of carbonyl (C=O) groups excluding carboxylic acids is 2. The number of hydrogen-bond donors (Lipinski definition) is 1. The number of amides is 1. The van der Waals surface area contributed by atoms with Crippen LogP contribution in [0.2, 0.25) is 5.02 Å². The lowest BCUT2D eigenvalue weighted by Gasteiger charge is -2.08. The van der Waals surface area contributed by atoms with Crippen molar-refractivity contribution < 1.29 is 14.3 Å². The molecule has 0 unspecified atom stereocenters. The number of anilines is 1. The third-order valence-corrected chi connectivity index (χ3v) is 5.25. The number of nitrogens with one attached hydrogen (secondary N) is 1. The van der Waals surface area contributed by atoms with E-state index in [9.17, 15) is 9.59 Å². The van der Waals surface area contributed by atoms with Gasteiger partial charge < -0.3 is 10.1 Å². The molecule has 3 aromatic rings. The molecular weight excluding hydrogens is 396 g/mol. The van der Waals surface area contributed by atoms with Crippen LogP contribution < -0.4 is 5.32 Å². The minimum atomic E-state index is -0.629. The molecular formula is C21H19ClN2O3S. The quantitative estimate of drug-likeness (QED) is 0.568. The number of thiazole rings is 1. The zero-order chi connectivity index (χ0) is 20.1. The lowest BCUT2D eigenvalue weighted by molar-refractivity contribution is -0.119. The van der Waals surface area contributed by atoms with Gasteiger partial charge in [-0.25, -0.2) is 9.78 Å². The van der Waals surface area contributed by atoms with E-state index in [0.29, 0.717) is 10.7 Å². The van der Waals surface area contributed by atoms with Crippen LogP contribution in [0.4, 0.5) is 5.69 Å². The molecule has 0 spiro atoms. The molecule has 28 heavy (non-hydrogen) atoms. The van der Waals surface area contributed by atoms with Crippen molar-refractivity contribution in [2.45, 2.75) is 20.3 Å². The molecule has 0 bridgehead atoms. The second-order valence-electron chi connectivity index (χ2n) is 6.17. The summed E-state index contributed by atoms with van der Waals surface area (Å²) in [4.78, 5) is 28.5. The van der Waals surface area contributed by atoms with Gasteiger partial charge in [-0.1, -0.05) is 42.8 Å². The molecule has 0 aliphatic rings. The highest BCUT2D eigenvalue weighted by Crippen LogP contribution is 2.24. The van der Waals surface area contributed by atoms with Crippen LogP contribution in [0.25, 0.3) is 10.6 Å². The minimum Gasteiger partial charge on any atom is -0.451 e. The van der Waals surface area contributed by atoms with Crippen molar-refractivity contribution in [1.29, 1.82) is 0 Å². The van der Waals surface area contributed by atoms with Crippen LogP contribution in [-0.4, -0.2) is 23.5 Å². The van der Waals surface area contributed by atoms with Gasteiger partial charge in [0.1, 0.15) is 5.01 Å². The van der Waals surface area contributed by atoms with E-state index in [0.717, 1.165) is 22.6 Å². The van der Waals surface area contributed by atoms with Crippen molar-refractivity contribution in [2.75, 3.05) is 11.9 Å². The molecule has 1 amide bonds. The fraction of sp³-hybridized carbons (Fsp3) is 0.190. The highest BCUT2D eigenvalue weighted by Gasteiger charge is 2.15. The fourth-order valence-corrected chi connectivity index (χ4v) is 3.56. The predicted octanol–water partition coefficient (Wildman–Crippen LogP) is 5.13. The van der Waals surface area contributed by atoms with Crippen LogP contribution in [0.5, 0.6) is 0 Å². The summed E-state index contributed by atoms with van der Waals surface area (Å²) in [6.45, 7) is 3.53. The number of ether oxygens (including phenoxy) is 1. The molecule has 0 atom stereocenters. The van der Waals surface area contributed by atoms with Gasteiger partial charge >= 0.3 is 5.97 Å². The van der Waals surface area contributed by atoms with Crippen molar-refractivity contribution >= 4 is 40.5 Å². The van der Waals surface area contributed by atoms with E-state index in [1.54, 1.807) is 23.6 Å². The maximum Gasteiger partial charge on any atom is 0.358 e. The molecule has 3 rings (SSSR count). The number of aryl methyl sites for hydroxylation is 2. The smallest absolute Gasteiger partial charge is 0.358 e. The van der Waals surface area contributed by atoms with Gasteiger partial charge in [0.2, 0.25) is 0 Å². The lowest BCUT2D eigenvalue weighted by atomic mass is 10.1. The monoisotopic (exact) mass is 414 g/mol. The number of aromatic nitrogens is 1. The predicted molar refractivity (Wildman–Crippen MR) is 112 cm³/mol. The molecule has 7 heteroatoms. The lowest BCUT2D eigenvalue weighted by Crippen LogP contribution is -2.21. The first-order valence-electron chi connectivity index (χ1n) is 8.74. The Labute approximate surface area is 172 Å². The summed E-state index contributed by atoms with van der Waals surface area (Å²) >= 11 is 7.26. The average molecular weight is 415 g/mol. The van der Waals surface area contributed by atoms with E-state index < -0.39 is 11.9 Å². The third-order valence-electron chi connectivity index (χ3n) is 4.12. The Hall–Kier alpha value is -2.70. The number of halogens is 1. The summed E-state index contributed by atoms with van der Waals surface area (Å²) in [6, 6.07) is 13.2. The molecule has 2 aromatic carbocycles. The van der Waals surface area contributed by atoms with Crippen LogP contribution in [0.1, 0.15) is 28.5 Å². The second kappa shape index (κ2) is 8.99. The van der Waals surface area contributed by atoms with Crippen LogP contribution in [0.15, 0.2) is 47.8 Å². The second-order valence-corrected chi connectivity index (χ2v) is 7.47. The van der Waals surface area contributed by atoms with Gasteiger partial charge in [0.25, 0.3) is 5.91 Å². The van der Waals surface area contributed by atoms with Crippen molar-refractivity contribution in [3.63, 3.8) is 0 Å². The summed E-state index contributed by atoms with van der Waals surface area (Å²) in [5, 5.41) is 5.65. The standard InChI is InChI=1S/C21H19ClN2O3S/c1-3-14-4-6-15(7-5-14)20-24-18(12-28-20)21(26)27-11-19(25)23-17-9-8-16(22)10-13(17)2/h4-10,12H,3,11H2,1-2H3,(H,23,25). The van der Waals surface area contributed by atoms with Gasteiger partial charge in [0, 0.05) is 21.7 Å². The van der Waals surface area contributed by atoms with E-state index in [-0.39, 0.29) is 12.3 Å². The Morgan fingerprint density at radius 1 is 1.18 bits per heavy atom. The van der Waals surface area contributed by atoms with Crippen LogP contribution in [0.3, 0.4) is 0 Å². The SMILES string of the molecule is CCc1ccc(-c2nc(C(=O)OCC(=O)Nc3ccc(Cl)cc3C)cs2)cc1.